The van der Waals surface area contributed by atoms with Gasteiger partial charge in [0.1, 0.15) is 6.10 Å². The average Bonchev–Trinajstić information content (AvgIpc) is 2.79. The summed E-state index contributed by atoms with van der Waals surface area (Å²) in [6, 6.07) is 5.62. The van der Waals surface area contributed by atoms with Gasteiger partial charge in [0.15, 0.2) is 0 Å². The van der Waals surface area contributed by atoms with Crippen LogP contribution in [0.2, 0.25) is 0 Å². The minimum absolute atomic E-state index is 0. The van der Waals surface area contributed by atoms with Crippen LogP contribution in [0.4, 0.5) is 0 Å². The molecule has 0 saturated heterocycles. The molecule has 1 aromatic rings. The Balaban J connectivity index is 0.00000288. The molecule has 0 N–H and O–H groups in total. The molecule has 0 spiro atoms. The Morgan fingerprint density at radius 2 is 2.04 bits per heavy atom. The molecule has 7 heteroatoms. The van der Waals surface area contributed by atoms with Crippen molar-refractivity contribution in [2.24, 2.45) is 0 Å². The maximum atomic E-state index is 11.8. The van der Waals surface area contributed by atoms with Crippen molar-refractivity contribution in [3.05, 3.63) is 34.9 Å². The molecule has 1 aliphatic heterocycles. The largest absolute Gasteiger partial charge is 1.00 e. The molecular weight excluding hydrogens is 323 g/mol. The smallest absolute Gasteiger partial charge is 0.550 e. The van der Waals surface area contributed by atoms with E-state index in [1.807, 2.05) is 19.1 Å². The number of hydrogen-bond acceptors (Lipinski definition) is 6. The topological polar surface area (TPSA) is 92.7 Å². The molecule has 2 rings (SSSR count). The molecular formula is C17H19NaO6. The van der Waals surface area contributed by atoms with Crippen LogP contribution >= 0.6 is 0 Å². The van der Waals surface area contributed by atoms with E-state index in [4.69, 9.17) is 9.47 Å². The average molecular weight is 342 g/mol. The minimum Gasteiger partial charge on any atom is -0.550 e. The number of carbonyl (C=O) groups is 3. The summed E-state index contributed by atoms with van der Waals surface area (Å²) in [7, 11) is 0. The molecule has 0 aromatic heterocycles. The minimum atomic E-state index is -1.28. The van der Waals surface area contributed by atoms with E-state index in [0.29, 0.717) is 18.4 Å². The molecule has 0 amide bonds. The number of aryl methyl sites for hydroxylation is 1. The van der Waals surface area contributed by atoms with Gasteiger partial charge in [-0.15, -0.1) is 0 Å². The van der Waals surface area contributed by atoms with Gasteiger partial charge in [-0.1, -0.05) is 17.7 Å². The van der Waals surface area contributed by atoms with Crippen LogP contribution in [0.3, 0.4) is 0 Å². The Kier molecular flexibility index (Phi) is 7.93. The fraction of sp³-hybridized carbons (Fsp3) is 0.471. The van der Waals surface area contributed by atoms with Crippen molar-refractivity contribution in [2.45, 2.75) is 51.7 Å². The molecule has 2 unspecified atom stereocenters. The van der Waals surface area contributed by atoms with Crippen LogP contribution in [0.1, 0.15) is 60.2 Å². The molecule has 1 aromatic carbocycles. The number of fused-ring (bicyclic) bond motifs is 1. The summed E-state index contributed by atoms with van der Waals surface area (Å²) in [6.45, 7) is 3.64. The Bertz CT molecular complexity index is 628. The first-order valence-electron chi connectivity index (χ1n) is 7.57. The van der Waals surface area contributed by atoms with Crippen molar-refractivity contribution in [3.8, 4) is 0 Å². The van der Waals surface area contributed by atoms with Crippen LogP contribution in [0, 0.1) is 6.92 Å². The second-order valence-electron chi connectivity index (χ2n) is 5.73. The van der Waals surface area contributed by atoms with Crippen molar-refractivity contribution in [1.82, 2.24) is 0 Å². The van der Waals surface area contributed by atoms with Gasteiger partial charge in [-0.05, 0) is 39.2 Å². The van der Waals surface area contributed by atoms with Crippen LogP contribution in [0.5, 0.6) is 0 Å². The summed E-state index contributed by atoms with van der Waals surface area (Å²) in [4.78, 5) is 33.6. The predicted molar refractivity (Wildman–Crippen MR) is 78.4 cm³/mol. The molecule has 0 fully saturated rings. The van der Waals surface area contributed by atoms with Crippen LogP contribution < -0.4 is 34.7 Å². The third-order valence-corrected chi connectivity index (χ3v) is 3.73. The Hall–Kier alpha value is -1.37. The quantitative estimate of drug-likeness (QED) is 0.440. The summed E-state index contributed by atoms with van der Waals surface area (Å²) >= 11 is 0. The normalized spacial score (nSPS) is 16.6. The van der Waals surface area contributed by atoms with Crippen LogP contribution in [0.25, 0.3) is 0 Å². The number of rotatable bonds is 7. The van der Waals surface area contributed by atoms with Crippen molar-refractivity contribution < 1.29 is 58.5 Å². The van der Waals surface area contributed by atoms with Gasteiger partial charge >= 0.3 is 41.5 Å². The Labute approximate surface area is 162 Å². The van der Waals surface area contributed by atoms with Crippen LogP contribution in [-0.2, 0) is 19.1 Å². The molecule has 0 aliphatic carbocycles. The summed E-state index contributed by atoms with van der Waals surface area (Å²) < 4.78 is 10.5. The van der Waals surface area contributed by atoms with E-state index in [9.17, 15) is 19.5 Å². The predicted octanol–water partition coefficient (Wildman–Crippen LogP) is -1.55. The molecule has 124 valence electrons. The Morgan fingerprint density at radius 1 is 1.33 bits per heavy atom. The molecule has 0 bridgehead atoms. The maximum Gasteiger partial charge on any atom is 1.00 e. The molecule has 24 heavy (non-hydrogen) atoms. The van der Waals surface area contributed by atoms with E-state index in [1.54, 1.807) is 13.0 Å². The number of carboxylic acids is 1. The fourth-order valence-corrected chi connectivity index (χ4v) is 2.53. The van der Waals surface area contributed by atoms with E-state index in [1.165, 1.54) is 0 Å². The maximum absolute atomic E-state index is 11.8. The zero-order chi connectivity index (χ0) is 17.0. The number of benzene rings is 1. The summed E-state index contributed by atoms with van der Waals surface area (Å²) in [5.41, 5.74) is 2.45. The molecule has 0 saturated carbocycles. The fourth-order valence-electron chi connectivity index (χ4n) is 2.53. The first kappa shape index (κ1) is 20.7. The van der Waals surface area contributed by atoms with Gasteiger partial charge in [0.05, 0.1) is 18.1 Å². The van der Waals surface area contributed by atoms with Gasteiger partial charge in [0.25, 0.3) is 0 Å². The van der Waals surface area contributed by atoms with Gasteiger partial charge in [-0.25, -0.2) is 4.79 Å². The zero-order valence-corrected chi connectivity index (χ0v) is 16.2. The van der Waals surface area contributed by atoms with Crippen molar-refractivity contribution in [3.63, 3.8) is 0 Å². The third kappa shape index (κ3) is 5.61. The number of esters is 2. The molecule has 1 heterocycles. The van der Waals surface area contributed by atoms with Crippen LogP contribution in [-0.4, -0.2) is 24.0 Å². The van der Waals surface area contributed by atoms with Crippen LogP contribution in [0.15, 0.2) is 18.2 Å². The van der Waals surface area contributed by atoms with Crippen molar-refractivity contribution >= 4 is 17.9 Å². The van der Waals surface area contributed by atoms with E-state index in [2.05, 4.69) is 0 Å². The van der Waals surface area contributed by atoms with E-state index in [-0.39, 0.29) is 60.6 Å². The Morgan fingerprint density at radius 3 is 2.71 bits per heavy atom. The van der Waals surface area contributed by atoms with Crippen molar-refractivity contribution in [2.75, 3.05) is 0 Å². The summed E-state index contributed by atoms with van der Waals surface area (Å²) in [5, 5.41) is 10.3. The van der Waals surface area contributed by atoms with Gasteiger partial charge in [-0.3, -0.25) is 4.79 Å². The monoisotopic (exact) mass is 342 g/mol. The summed E-state index contributed by atoms with van der Waals surface area (Å²) in [5.74, 6) is -2.17. The zero-order valence-electron chi connectivity index (χ0n) is 14.2. The second-order valence-corrected chi connectivity index (χ2v) is 5.73. The number of carboxylic acid groups (broad SMARTS) is 1. The molecule has 6 nitrogen and oxygen atoms in total. The number of cyclic esters (lactones) is 1. The van der Waals surface area contributed by atoms with Crippen molar-refractivity contribution in [1.29, 1.82) is 0 Å². The standard InChI is InChI=1S/C17H20O6.Na/c1-10-3-5-12-13(9-10)17(21)23-14(12)6-4-11(2)22-16(20)8-7-15(18)19;/h3,5,9,11,14H,4,6-8H2,1-2H3,(H,18,19);/q;+1/p-1. The summed E-state index contributed by atoms with van der Waals surface area (Å²) in [6.07, 6.45) is -0.204. The van der Waals surface area contributed by atoms with Gasteiger partial charge in [0.2, 0.25) is 0 Å². The van der Waals surface area contributed by atoms with E-state index < -0.39 is 11.9 Å². The number of carbonyl (C=O) groups excluding carboxylic acids is 3. The molecule has 2 atom stereocenters. The number of ether oxygens (including phenoxy) is 2. The first-order chi connectivity index (χ1) is 10.9. The second kappa shape index (κ2) is 9.20. The number of aliphatic carboxylic acids is 1. The van der Waals surface area contributed by atoms with E-state index in [0.717, 1.165) is 11.1 Å². The number of hydrogen-bond donors (Lipinski definition) is 0. The molecule has 0 radical (unpaired) electrons. The van der Waals surface area contributed by atoms with Gasteiger partial charge in [0, 0.05) is 11.5 Å². The first-order valence-corrected chi connectivity index (χ1v) is 7.57. The third-order valence-electron chi connectivity index (χ3n) is 3.73. The van der Waals surface area contributed by atoms with Gasteiger partial charge in [-0.2, -0.15) is 0 Å². The molecule has 1 aliphatic rings. The SMILES string of the molecule is Cc1ccc2c(c1)C(=O)OC2CCC(C)OC(=O)CCC(=O)[O-].[Na+]. The van der Waals surface area contributed by atoms with E-state index >= 15 is 0 Å². The van der Waals surface area contributed by atoms with Gasteiger partial charge < -0.3 is 19.4 Å².